The number of amides is 1. The van der Waals surface area contributed by atoms with E-state index in [0.717, 1.165) is 11.1 Å². The van der Waals surface area contributed by atoms with E-state index in [0.29, 0.717) is 36.0 Å². The first kappa shape index (κ1) is 19.1. The van der Waals surface area contributed by atoms with Crippen molar-refractivity contribution in [2.24, 2.45) is 0 Å². The summed E-state index contributed by atoms with van der Waals surface area (Å²) in [5, 5.41) is 10.4. The Morgan fingerprint density at radius 1 is 0.968 bits per heavy atom. The molecule has 2 heterocycles. The van der Waals surface area contributed by atoms with Gasteiger partial charge in [-0.15, -0.1) is 0 Å². The first-order valence-corrected chi connectivity index (χ1v) is 9.82. The largest absolute Gasteiger partial charge is 0.508 e. The average molecular weight is 417 g/mol. The van der Waals surface area contributed by atoms with Crippen molar-refractivity contribution in [1.29, 1.82) is 0 Å². The van der Waals surface area contributed by atoms with Gasteiger partial charge in [-0.3, -0.25) is 4.79 Å². The number of phenols is 1. The van der Waals surface area contributed by atoms with Gasteiger partial charge in [-0.25, -0.2) is 18.7 Å². The number of fused-ring (bicyclic) bond motifs is 2. The number of halogens is 2. The molecule has 1 amide bonds. The second-order valence-electron chi connectivity index (χ2n) is 7.46. The van der Waals surface area contributed by atoms with Crippen LogP contribution in [0.5, 0.6) is 5.75 Å². The van der Waals surface area contributed by atoms with Crippen molar-refractivity contribution in [2.75, 3.05) is 6.54 Å². The minimum atomic E-state index is -0.492. The highest BCUT2D eigenvalue weighted by molar-refractivity contribution is 6.05. The first-order chi connectivity index (χ1) is 15.0. The molecule has 0 unspecified atom stereocenters. The molecule has 31 heavy (non-hydrogen) atoms. The van der Waals surface area contributed by atoms with Crippen LogP contribution in [-0.4, -0.2) is 32.4 Å². The Bertz CT molecular complexity index is 1320. The van der Waals surface area contributed by atoms with Crippen LogP contribution in [0.1, 0.15) is 21.6 Å². The van der Waals surface area contributed by atoms with Crippen LogP contribution in [0, 0.1) is 11.6 Å². The summed E-state index contributed by atoms with van der Waals surface area (Å²) in [6.45, 7) is 0.714. The summed E-state index contributed by atoms with van der Waals surface area (Å²) in [5.74, 6) is -0.752. The van der Waals surface area contributed by atoms with E-state index < -0.39 is 11.6 Å². The summed E-state index contributed by atoms with van der Waals surface area (Å²) in [6.07, 6.45) is 0.510. The maximum atomic E-state index is 14.0. The van der Waals surface area contributed by atoms with E-state index >= 15 is 0 Å². The molecule has 0 aliphatic carbocycles. The number of benzene rings is 3. The van der Waals surface area contributed by atoms with Gasteiger partial charge in [-0.05, 0) is 60.5 Å². The van der Waals surface area contributed by atoms with Crippen molar-refractivity contribution < 1.29 is 18.7 Å². The Labute approximate surface area is 176 Å². The van der Waals surface area contributed by atoms with Crippen LogP contribution in [-0.2, 0) is 13.0 Å². The number of aromatic hydroxyl groups is 1. The summed E-state index contributed by atoms with van der Waals surface area (Å²) in [4.78, 5) is 24.0. The zero-order valence-electron chi connectivity index (χ0n) is 16.3. The van der Waals surface area contributed by atoms with Gasteiger partial charge in [-0.1, -0.05) is 12.1 Å². The summed E-state index contributed by atoms with van der Waals surface area (Å²) >= 11 is 0. The number of hydrogen-bond donors (Lipinski definition) is 1. The Morgan fingerprint density at radius 3 is 2.55 bits per heavy atom. The second kappa shape index (κ2) is 7.43. The molecule has 1 aliphatic heterocycles. The first-order valence-electron chi connectivity index (χ1n) is 9.82. The van der Waals surface area contributed by atoms with Crippen LogP contribution in [0.4, 0.5) is 8.78 Å². The van der Waals surface area contributed by atoms with Crippen LogP contribution >= 0.6 is 0 Å². The van der Waals surface area contributed by atoms with Gasteiger partial charge in [0, 0.05) is 29.6 Å². The van der Waals surface area contributed by atoms with E-state index in [2.05, 4.69) is 9.97 Å². The Balaban J connectivity index is 1.60. The Morgan fingerprint density at radius 2 is 1.74 bits per heavy atom. The summed E-state index contributed by atoms with van der Waals surface area (Å²) in [6, 6.07) is 14.9. The monoisotopic (exact) mass is 417 g/mol. The van der Waals surface area contributed by atoms with Crippen LogP contribution in [0.15, 0.2) is 60.7 Å². The maximum Gasteiger partial charge on any atom is 0.273 e. The lowest BCUT2D eigenvalue weighted by Crippen LogP contribution is -2.36. The molecule has 1 aromatic heterocycles. The predicted octanol–water partition coefficient (Wildman–Crippen LogP) is 4.48. The fraction of sp³-hybridized carbons (Fsp3) is 0.125. The van der Waals surface area contributed by atoms with Gasteiger partial charge in [-0.2, -0.15) is 0 Å². The Kier molecular flexibility index (Phi) is 4.58. The smallest absolute Gasteiger partial charge is 0.273 e. The molecule has 1 N–H and O–H groups in total. The number of carbonyl (C=O) groups is 1. The molecule has 0 saturated carbocycles. The lowest BCUT2D eigenvalue weighted by atomic mass is 9.98. The van der Waals surface area contributed by atoms with E-state index in [4.69, 9.17) is 0 Å². The van der Waals surface area contributed by atoms with Crippen molar-refractivity contribution in [1.82, 2.24) is 14.9 Å². The van der Waals surface area contributed by atoms with Gasteiger partial charge in [0.25, 0.3) is 5.91 Å². The molecule has 0 spiro atoms. The van der Waals surface area contributed by atoms with Gasteiger partial charge in [0.05, 0.1) is 5.52 Å². The van der Waals surface area contributed by atoms with Crippen molar-refractivity contribution in [3.63, 3.8) is 0 Å². The maximum absolute atomic E-state index is 14.0. The molecular formula is C24H17F2N3O2. The predicted molar refractivity (Wildman–Crippen MR) is 111 cm³/mol. The third kappa shape index (κ3) is 3.48. The third-order valence-electron chi connectivity index (χ3n) is 5.49. The molecule has 154 valence electrons. The fourth-order valence-electron chi connectivity index (χ4n) is 3.90. The number of hydrogen-bond acceptors (Lipinski definition) is 4. The zero-order valence-corrected chi connectivity index (χ0v) is 16.3. The minimum absolute atomic E-state index is 0.0902. The number of nitrogens with zero attached hydrogens (tertiary/aromatic N) is 3. The molecule has 0 atom stereocenters. The van der Waals surface area contributed by atoms with Gasteiger partial charge < -0.3 is 10.0 Å². The lowest BCUT2D eigenvalue weighted by Gasteiger charge is -2.29. The fourth-order valence-corrected chi connectivity index (χ4v) is 3.90. The van der Waals surface area contributed by atoms with E-state index in [-0.39, 0.29) is 23.2 Å². The molecule has 1 aliphatic rings. The SMILES string of the molecule is O=C(c1nc(-c2ccc(F)cc2)nc2ccc(F)cc12)N1CCc2c(O)cccc2C1. The van der Waals surface area contributed by atoms with Crippen molar-refractivity contribution in [3.8, 4) is 17.1 Å². The minimum Gasteiger partial charge on any atom is -0.508 e. The summed E-state index contributed by atoms with van der Waals surface area (Å²) in [7, 11) is 0. The van der Waals surface area contributed by atoms with Crippen molar-refractivity contribution in [2.45, 2.75) is 13.0 Å². The normalized spacial score (nSPS) is 13.3. The number of aromatic nitrogens is 2. The van der Waals surface area contributed by atoms with E-state index in [1.165, 1.54) is 42.5 Å². The van der Waals surface area contributed by atoms with E-state index in [1.54, 1.807) is 17.0 Å². The van der Waals surface area contributed by atoms with Crippen molar-refractivity contribution in [3.05, 3.63) is 89.1 Å². The molecule has 0 bridgehead atoms. The highest BCUT2D eigenvalue weighted by Crippen LogP contribution is 2.29. The quantitative estimate of drug-likeness (QED) is 0.522. The Hall–Kier alpha value is -3.87. The summed E-state index contributed by atoms with van der Waals surface area (Å²) < 4.78 is 27.3. The number of rotatable bonds is 2. The molecule has 5 rings (SSSR count). The van der Waals surface area contributed by atoms with Crippen LogP contribution < -0.4 is 0 Å². The molecule has 4 aromatic rings. The van der Waals surface area contributed by atoms with Gasteiger partial charge in [0.1, 0.15) is 23.1 Å². The van der Waals surface area contributed by atoms with E-state index in [9.17, 15) is 18.7 Å². The van der Waals surface area contributed by atoms with Crippen molar-refractivity contribution >= 4 is 16.8 Å². The standard InChI is InChI=1S/C24H17F2N3O2/c25-16-6-4-14(5-7-16)23-27-20-9-8-17(26)12-19(20)22(28-23)24(31)29-11-10-18-15(13-29)2-1-3-21(18)30/h1-9,12,30H,10-11,13H2. The molecule has 5 nitrogen and oxygen atoms in total. The van der Waals surface area contributed by atoms with Gasteiger partial charge in [0.15, 0.2) is 5.82 Å². The van der Waals surface area contributed by atoms with Crippen LogP contribution in [0.2, 0.25) is 0 Å². The number of phenolic OH excluding ortho intramolecular Hbond substituents is 1. The molecular weight excluding hydrogens is 400 g/mol. The molecule has 3 aromatic carbocycles. The summed E-state index contributed by atoms with van der Waals surface area (Å²) in [5.41, 5.74) is 2.76. The topological polar surface area (TPSA) is 66.3 Å². The highest BCUT2D eigenvalue weighted by atomic mass is 19.1. The van der Waals surface area contributed by atoms with Gasteiger partial charge in [0.2, 0.25) is 0 Å². The lowest BCUT2D eigenvalue weighted by molar-refractivity contribution is 0.0730. The average Bonchev–Trinajstić information content (AvgIpc) is 2.78. The van der Waals surface area contributed by atoms with Crippen LogP contribution in [0.3, 0.4) is 0 Å². The number of carbonyl (C=O) groups excluding carboxylic acids is 1. The van der Waals surface area contributed by atoms with Gasteiger partial charge >= 0.3 is 0 Å². The molecule has 0 saturated heterocycles. The molecule has 7 heteroatoms. The van der Waals surface area contributed by atoms with Crippen LogP contribution in [0.25, 0.3) is 22.3 Å². The third-order valence-corrected chi connectivity index (χ3v) is 5.49. The highest BCUT2D eigenvalue weighted by Gasteiger charge is 2.26. The second-order valence-corrected chi connectivity index (χ2v) is 7.46. The molecule has 0 fully saturated rings. The zero-order chi connectivity index (χ0) is 21.5. The van der Waals surface area contributed by atoms with E-state index in [1.807, 2.05) is 6.07 Å². The molecule has 0 radical (unpaired) electrons.